The molecule has 0 bridgehead atoms. The van der Waals surface area contributed by atoms with Gasteiger partial charge in [0.2, 0.25) is 0 Å². The molecule has 1 nitrogen and oxygen atoms in total. The van der Waals surface area contributed by atoms with Crippen molar-refractivity contribution >= 4 is 15.9 Å². The van der Waals surface area contributed by atoms with Crippen LogP contribution in [0.2, 0.25) is 0 Å². The van der Waals surface area contributed by atoms with E-state index in [4.69, 9.17) is 0 Å². The van der Waals surface area contributed by atoms with E-state index in [1.807, 2.05) is 0 Å². The highest BCUT2D eigenvalue weighted by molar-refractivity contribution is 9.10. The third kappa shape index (κ3) is 3.79. The Morgan fingerprint density at radius 2 is 1.94 bits per heavy atom. The van der Waals surface area contributed by atoms with Gasteiger partial charge in [0.15, 0.2) is 0 Å². The molecular weight excluding hydrogens is 288 g/mol. The van der Waals surface area contributed by atoms with Crippen LogP contribution in [-0.2, 0) is 0 Å². The molecule has 1 N–H and O–H groups in total. The van der Waals surface area contributed by atoms with Gasteiger partial charge in [-0.05, 0) is 32.5 Å². The van der Waals surface area contributed by atoms with Gasteiger partial charge in [-0.2, -0.15) is 0 Å². The Labute approximate surface area is 109 Å². The van der Waals surface area contributed by atoms with Gasteiger partial charge in [0.25, 0.3) is 0 Å². The molecule has 0 heterocycles. The zero-order valence-corrected chi connectivity index (χ0v) is 11.4. The van der Waals surface area contributed by atoms with Gasteiger partial charge >= 0.3 is 0 Å². The highest BCUT2D eigenvalue weighted by Crippen LogP contribution is 2.27. The molecule has 4 heteroatoms. The molecule has 0 aliphatic rings. The van der Waals surface area contributed by atoms with Crippen LogP contribution >= 0.6 is 15.9 Å². The predicted octanol–water partition coefficient (Wildman–Crippen LogP) is 3.79. The minimum Gasteiger partial charge on any atom is -0.313 e. The molecular formula is C13H14BrF2N. The summed E-state index contributed by atoms with van der Waals surface area (Å²) in [5, 5.41) is 2.92. The molecule has 0 radical (unpaired) electrons. The van der Waals surface area contributed by atoms with E-state index in [-0.39, 0.29) is 11.6 Å². The van der Waals surface area contributed by atoms with Crippen molar-refractivity contribution in [1.29, 1.82) is 0 Å². The Morgan fingerprint density at radius 1 is 1.35 bits per heavy atom. The summed E-state index contributed by atoms with van der Waals surface area (Å²) in [4.78, 5) is 0. The predicted molar refractivity (Wildman–Crippen MR) is 68.5 cm³/mol. The molecule has 1 aromatic rings. The molecule has 0 saturated carbocycles. The highest BCUT2D eigenvalue weighted by Gasteiger charge is 2.18. The largest absolute Gasteiger partial charge is 0.313 e. The van der Waals surface area contributed by atoms with Crippen LogP contribution in [0, 0.1) is 23.5 Å². The van der Waals surface area contributed by atoms with Crippen molar-refractivity contribution in [2.24, 2.45) is 0 Å². The number of halogens is 3. The van der Waals surface area contributed by atoms with Gasteiger partial charge in [0.05, 0.1) is 0 Å². The van der Waals surface area contributed by atoms with Crippen molar-refractivity contribution in [3.63, 3.8) is 0 Å². The molecule has 0 aliphatic carbocycles. The second kappa shape index (κ2) is 6.73. The normalized spacial score (nSPS) is 11.8. The summed E-state index contributed by atoms with van der Waals surface area (Å²) in [6, 6.07) is 2.19. The number of rotatable bonds is 4. The molecule has 92 valence electrons. The summed E-state index contributed by atoms with van der Waals surface area (Å²) in [5.74, 6) is 4.57. The molecule has 0 aromatic heterocycles. The first-order valence-electron chi connectivity index (χ1n) is 5.31. The average molecular weight is 302 g/mol. The SMILES string of the molecule is CC#CCCC(NC)c1c(F)cc(Br)cc1F. The summed E-state index contributed by atoms with van der Waals surface area (Å²) >= 11 is 3.06. The second-order valence-corrected chi connectivity index (χ2v) is 4.51. The van der Waals surface area contributed by atoms with Crippen LogP contribution in [0.5, 0.6) is 0 Å². The number of benzene rings is 1. The maximum Gasteiger partial charge on any atom is 0.132 e. The number of hydrogen-bond donors (Lipinski definition) is 1. The van der Waals surface area contributed by atoms with E-state index < -0.39 is 11.6 Å². The number of hydrogen-bond acceptors (Lipinski definition) is 1. The molecule has 1 rings (SSSR count). The minimum atomic E-state index is -0.541. The fourth-order valence-electron chi connectivity index (χ4n) is 1.66. The van der Waals surface area contributed by atoms with Crippen molar-refractivity contribution in [2.45, 2.75) is 25.8 Å². The van der Waals surface area contributed by atoms with Crippen LogP contribution in [-0.4, -0.2) is 7.05 Å². The summed E-state index contributed by atoms with van der Waals surface area (Å²) in [5.41, 5.74) is 0.0774. The van der Waals surface area contributed by atoms with E-state index in [1.54, 1.807) is 14.0 Å². The minimum absolute atomic E-state index is 0.0774. The highest BCUT2D eigenvalue weighted by atomic mass is 79.9. The van der Waals surface area contributed by atoms with Crippen molar-refractivity contribution in [2.75, 3.05) is 7.05 Å². The lowest BCUT2D eigenvalue weighted by Crippen LogP contribution is -2.19. The summed E-state index contributed by atoms with van der Waals surface area (Å²) < 4.78 is 27.8. The average Bonchev–Trinajstić information content (AvgIpc) is 2.25. The first-order chi connectivity index (χ1) is 8.10. The van der Waals surface area contributed by atoms with Gasteiger partial charge in [-0.1, -0.05) is 15.9 Å². The van der Waals surface area contributed by atoms with Crippen LogP contribution < -0.4 is 5.32 Å². The van der Waals surface area contributed by atoms with Gasteiger partial charge in [-0.25, -0.2) is 8.78 Å². The lowest BCUT2D eigenvalue weighted by atomic mass is 10.0. The van der Waals surface area contributed by atoms with Gasteiger partial charge in [0, 0.05) is 22.5 Å². The van der Waals surface area contributed by atoms with E-state index in [0.717, 1.165) is 0 Å². The van der Waals surface area contributed by atoms with E-state index in [1.165, 1.54) is 12.1 Å². The molecule has 0 saturated heterocycles. The van der Waals surface area contributed by atoms with Gasteiger partial charge in [-0.3, -0.25) is 0 Å². The first kappa shape index (κ1) is 14.1. The molecule has 1 aromatic carbocycles. The van der Waals surface area contributed by atoms with E-state index in [9.17, 15) is 8.78 Å². The molecule has 1 unspecified atom stereocenters. The molecule has 0 amide bonds. The smallest absolute Gasteiger partial charge is 0.132 e. The lowest BCUT2D eigenvalue weighted by molar-refractivity contribution is 0.474. The topological polar surface area (TPSA) is 12.0 Å². The van der Waals surface area contributed by atoms with Crippen molar-refractivity contribution in [3.05, 3.63) is 33.8 Å². The van der Waals surface area contributed by atoms with Crippen LogP contribution in [0.3, 0.4) is 0 Å². The van der Waals surface area contributed by atoms with Gasteiger partial charge in [0.1, 0.15) is 11.6 Å². The van der Waals surface area contributed by atoms with Gasteiger partial charge in [-0.15, -0.1) is 11.8 Å². The van der Waals surface area contributed by atoms with Gasteiger partial charge < -0.3 is 5.32 Å². The Bertz CT molecular complexity index is 425. The fourth-order valence-corrected chi connectivity index (χ4v) is 2.06. The third-order valence-electron chi connectivity index (χ3n) is 2.48. The maximum atomic E-state index is 13.7. The molecule has 17 heavy (non-hydrogen) atoms. The summed E-state index contributed by atoms with van der Waals surface area (Å²) in [7, 11) is 1.69. The zero-order chi connectivity index (χ0) is 12.8. The van der Waals surface area contributed by atoms with Crippen LogP contribution in [0.1, 0.15) is 31.4 Å². The number of nitrogens with one attached hydrogen (secondary N) is 1. The van der Waals surface area contributed by atoms with Crippen LogP contribution in [0.25, 0.3) is 0 Å². The molecule has 0 spiro atoms. The molecule has 0 fully saturated rings. The van der Waals surface area contributed by atoms with Crippen LogP contribution in [0.4, 0.5) is 8.78 Å². The van der Waals surface area contributed by atoms with Crippen molar-refractivity contribution in [3.8, 4) is 11.8 Å². The summed E-state index contributed by atoms with van der Waals surface area (Å²) in [6.07, 6.45) is 1.18. The summed E-state index contributed by atoms with van der Waals surface area (Å²) in [6.45, 7) is 1.75. The van der Waals surface area contributed by atoms with E-state index in [0.29, 0.717) is 17.3 Å². The van der Waals surface area contributed by atoms with E-state index >= 15 is 0 Å². The molecule has 1 atom stereocenters. The Balaban J connectivity index is 2.97. The third-order valence-corrected chi connectivity index (χ3v) is 2.93. The Morgan fingerprint density at radius 3 is 2.41 bits per heavy atom. The Hall–Kier alpha value is -0.920. The van der Waals surface area contributed by atoms with Crippen molar-refractivity contribution < 1.29 is 8.78 Å². The standard InChI is InChI=1S/C13H14BrF2N/c1-3-4-5-6-12(17-2)13-10(15)7-9(14)8-11(13)16/h7-8,12,17H,5-6H2,1-2H3. The fraction of sp³-hybridized carbons (Fsp3) is 0.385. The molecule has 0 aliphatic heterocycles. The van der Waals surface area contributed by atoms with Crippen LogP contribution in [0.15, 0.2) is 16.6 Å². The zero-order valence-electron chi connectivity index (χ0n) is 9.78. The monoisotopic (exact) mass is 301 g/mol. The first-order valence-corrected chi connectivity index (χ1v) is 6.10. The van der Waals surface area contributed by atoms with E-state index in [2.05, 4.69) is 33.1 Å². The van der Waals surface area contributed by atoms with Crippen molar-refractivity contribution in [1.82, 2.24) is 5.32 Å². The maximum absolute atomic E-state index is 13.7. The lowest BCUT2D eigenvalue weighted by Gasteiger charge is -2.17. The Kier molecular flexibility index (Phi) is 5.60. The second-order valence-electron chi connectivity index (χ2n) is 3.59. The quantitative estimate of drug-likeness (QED) is 0.834.